The van der Waals surface area contributed by atoms with Gasteiger partial charge in [-0.25, -0.2) is 19.9 Å². The second-order valence-corrected chi connectivity index (χ2v) is 13.2. The highest BCUT2D eigenvalue weighted by Gasteiger charge is 2.20. The lowest BCUT2D eigenvalue weighted by atomic mass is 9.89. The van der Waals surface area contributed by atoms with E-state index in [0.717, 1.165) is 78.4 Å². The first-order valence-corrected chi connectivity index (χ1v) is 18.5. The Bertz CT molecular complexity index is 2500. The van der Waals surface area contributed by atoms with E-state index in [0.29, 0.717) is 0 Å². The summed E-state index contributed by atoms with van der Waals surface area (Å²) in [5, 5.41) is 4.43. The molecule has 0 unspecified atom stereocenters. The lowest BCUT2D eigenvalue weighted by Gasteiger charge is -2.25. The van der Waals surface area contributed by atoms with Gasteiger partial charge in [-0.3, -0.25) is 9.80 Å². The summed E-state index contributed by atoms with van der Waals surface area (Å²) in [6, 6.07) is 58.0. The first-order valence-electron chi connectivity index (χ1n) is 18.5. The van der Waals surface area contributed by atoms with Crippen molar-refractivity contribution in [1.29, 1.82) is 0 Å². The van der Waals surface area contributed by atoms with Crippen LogP contribution in [0, 0.1) is 0 Å². The molecule has 266 valence electrons. The molecule has 0 radical (unpaired) electrons. The summed E-state index contributed by atoms with van der Waals surface area (Å²) in [6.45, 7) is 0. The summed E-state index contributed by atoms with van der Waals surface area (Å²) in [5.74, 6) is 3.13. The molecule has 0 aliphatic heterocycles. The molecule has 0 atom stereocenters. The fourth-order valence-corrected chi connectivity index (χ4v) is 7.10. The van der Waals surface area contributed by atoms with E-state index in [1.807, 2.05) is 110 Å². The van der Waals surface area contributed by atoms with Gasteiger partial charge in [-0.2, -0.15) is 0 Å². The summed E-state index contributed by atoms with van der Waals surface area (Å²) in [4.78, 5) is 23.3. The number of fused-ring (bicyclic) bond motifs is 2. The van der Waals surface area contributed by atoms with Crippen molar-refractivity contribution in [3.8, 4) is 0 Å². The third kappa shape index (κ3) is 7.02. The van der Waals surface area contributed by atoms with Crippen LogP contribution in [0.1, 0.15) is 22.3 Å². The molecule has 9 rings (SSSR count). The molecule has 5 aromatic carbocycles. The minimum Gasteiger partial charge on any atom is -0.279 e. The van der Waals surface area contributed by atoms with Crippen LogP contribution < -0.4 is 9.80 Å². The quantitative estimate of drug-likeness (QED) is 0.104. The maximum Gasteiger partial charge on any atom is 0.138 e. The predicted molar refractivity (Wildman–Crippen MR) is 233 cm³/mol. The number of hydrogen-bond acceptors (Lipinski definition) is 6. The first-order chi connectivity index (χ1) is 27.8. The lowest BCUT2D eigenvalue weighted by Crippen LogP contribution is -2.13. The molecule has 0 bridgehead atoms. The smallest absolute Gasteiger partial charge is 0.138 e. The van der Waals surface area contributed by atoms with Gasteiger partial charge in [0.05, 0.1) is 0 Å². The van der Waals surface area contributed by atoms with E-state index in [-0.39, 0.29) is 0 Å². The SMILES string of the molecule is C(=Cc1c2cc(N(c3ccccn3)c3ccccn3)ccc2c(/C=C/c2ccccc2)c2cc(N(c3ccccn3)c3ccccn3)ccc12)c1ccccc1. The van der Waals surface area contributed by atoms with Crippen molar-refractivity contribution in [3.05, 3.63) is 217 Å². The van der Waals surface area contributed by atoms with Crippen molar-refractivity contribution in [2.45, 2.75) is 0 Å². The first kappa shape index (κ1) is 34.1. The Balaban J connectivity index is 1.34. The molecule has 0 fully saturated rings. The van der Waals surface area contributed by atoms with E-state index in [2.05, 4.69) is 119 Å². The van der Waals surface area contributed by atoms with E-state index in [4.69, 9.17) is 19.9 Å². The summed E-state index contributed by atoms with van der Waals surface area (Å²) in [6.07, 6.45) is 16.1. The van der Waals surface area contributed by atoms with Crippen molar-refractivity contribution >= 4 is 80.5 Å². The van der Waals surface area contributed by atoms with Gasteiger partial charge in [-0.05, 0) is 117 Å². The molecule has 4 heterocycles. The number of hydrogen-bond donors (Lipinski definition) is 0. The normalized spacial score (nSPS) is 11.4. The standard InChI is InChI=1S/C50H36N6/c1-3-15-37(16-4-1)23-27-41-43-29-25-40(56(49-21-9-13-33-53-49)50-22-10-14-34-54-50)36-46(43)42(28-24-38-17-5-2-6-18-38)44-30-26-39(35-45(41)44)55(47-19-7-11-31-51-47)48-20-8-12-32-52-48/h1-36H/b27-23+,28-24?. The minimum absolute atomic E-state index is 0.783. The Hall–Kier alpha value is -7.70. The Labute approximate surface area is 326 Å². The van der Waals surface area contributed by atoms with Crippen LogP contribution in [0.3, 0.4) is 0 Å². The second-order valence-electron chi connectivity index (χ2n) is 13.2. The largest absolute Gasteiger partial charge is 0.279 e. The molecule has 6 heteroatoms. The summed E-state index contributed by atoms with van der Waals surface area (Å²) in [7, 11) is 0. The predicted octanol–water partition coefficient (Wildman–Crippen LogP) is 12.9. The molecule has 0 aliphatic carbocycles. The van der Waals surface area contributed by atoms with E-state index >= 15 is 0 Å². The van der Waals surface area contributed by atoms with Crippen molar-refractivity contribution in [3.63, 3.8) is 0 Å². The van der Waals surface area contributed by atoms with Gasteiger partial charge in [0.15, 0.2) is 0 Å². The highest BCUT2D eigenvalue weighted by Crippen LogP contribution is 2.42. The molecule has 4 aromatic heterocycles. The van der Waals surface area contributed by atoms with Crippen LogP contribution in [-0.2, 0) is 0 Å². The van der Waals surface area contributed by atoms with Gasteiger partial charge in [-0.1, -0.05) is 121 Å². The highest BCUT2D eigenvalue weighted by atomic mass is 15.2. The number of benzene rings is 5. The van der Waals surface area contributed by atoms with Gasteiger partial charge < -0.3 is 0 Å². The zero-order valence-corrected chi connectivity index (χ0v) is 30.5. The van der Waals surface area contributed by atoms with Gasteiger partial charge in [0.2, 0.25) is 0 Å². The van der Waals surface area contributed by atoms with Crippen LogP contribution in [0.15, 0.2) is 195 Å². The van der Waals surface area contributed by atoms with Gasteiger partial charge in [0.25, 0.3) is 0 Å². The van der Waals surface area contributed by atoms with Gasteiger partial charge >= 0.3 is 0 Å². The third-order valence-electron chi connectivity index (χ3n) is 9.68. The molecular weight excluding hydrogens is 685 g/mol. The van der Waals surface area contributed by atoms with Crippen LogP contribution in [0.2, 0.25) is 0 Å². The Kier molecular flexibility index (Phi) is 9.57. The average molecular weight is 721 g/mol. The number of nitrogens with zero attached hydrogens (tertiary/aromatic N) is 6. The second kappa shape index (κ2) is 15.7. The van der Waals surface area contributed by atoms with Crippen molar-refractivity contribution < 1.29 is 0 Å². The van der Waals surface area contributed by atoms with Crippen LogP contribution in [0.4, 0.5) is 34.6 Å². The van der Waals surface area contributed by atoms with Crippen LogP contribution in [-0.4, -0.2) is 19.9 Å². The number of pyridine rings is 4. The summed E-state index contributed by atoms with van der Waals surface area (Å²) < 4.78 is 0. The van der Waals surface area contributed by atoms with Crippen LogP contribution in [0.25, 0.3) is 45.8 Å². The van der Waals surface area contributed by atoms with Gasteiger partial charge in [0, 0.05) is 36.2 Å². The Morgan fingerprint density at radius 3 is 0.964 bits per heavy atom. The van der Waals surface area contributed by atoms with Crippen molar-refractivity contribution in [2.75, 3.05) is 9.80 Å². The van der Waals surface area contributed by atoms with Crippen LogP contribution >= 0.6 is 0 Å². The molecule has 0 N–H and O–H groups in total. The maximum absolute atomic E-state index is 4.76. The van der Waals surface area contributed by atoms with E-state index < -0.39 is 0 Å². The number of anilines is 6. The fourth-order valence-electron chi connectivity index (χ4n) is 7.10. The van der Waals surface area contributed by atoms with Crippen molar-refractivity contribution in [1.82, 2.24) is 19.9 Å². The zero-order chi connectivity index (χ0) is 37.5. The number of rotatable bonds is 10. The van der Waals surface area contributed by atoms with E-state index in [1.165, 1.54) is 0 Å². The fraction of sp³-hybridized carbons (Fsp3) is 0. The Morgan fingerprint density at radius 2 is 0.643 bits per heavy atom. The molecular formula is C50H36N6. The molecule has 0 amide bonds. The average Bonchev–Trinajstić information content (AvgIpc) is 3.27. The van der Waals surface area contributed by atoms with Crippen molar-refractivity contribution in [2.24, 2.45) is 0 Å². The van der Waals surface area contributed by atoms with E-state index in [1.54, 1.807) is 0 Å². The van der Waals surface area contributed by atoms with Gasteiger partial charge in [0.1, 0.15) is 23.3 Å². The Morgan fingerprint density at radius 1 is 0.304 bits per heavy atom. The molecule has 6 nitrogen and oxygen atoms in total. The molecule has 0 aliphatic rings. The van der Waals surface area contributed by atoms with Crippen LogP contribution in [0.5, 0.6) is 0 Å². The van der Waals surface area contributed by atoms with Gasteiger partial charge in [-0.15, -0.1) is 0 Å². The highest BCUT2D eigenvalue weighted by molar-refractivity contribution is 6.16. The molecule has 0 spiro atoms. The lowest BCUT2D eigenvalue weighted by molar-refractivity contribution is 1.13. The summed E-state index contributed by atoms with van der Waals surface area (Å²) in [5.41, 5.74) is 6.36. The zero-order valence-electron chi connectivity index (χ0n) is 30.5. The topological polar surface area (TPSA) is 58.0 Å². The maximum atomic E-state index is 4.76. The third-order valence-corrected chi connectivity index (χ3v) is 9.68. The molecule has 56 heavy (non-hydrogen) atoms. The minimum atomic E-state index is 0.783. The van der Waals surface area contributed by atoms with E-state index in [9.17, 15) is 0 Å². The molecule has 9 aromatic rings. The monoisotopic (exact) mass is 720 g/mol. The molecule has 0 saturated carbocycles. The summed E-state index contributed by atoms with van der Waals surface area (Å²) >= 11 is 0. The molecule has 0 saturated heterocycles. The number of aromatic nitrogens is 4.